The fourth-order valence-electron chi connectivity index (χ4n) is 1.73. The molecule has 0 saturated heterocycles. The molecular formula is C12H22N2S. The molecule has 0 radical (unpaired) electrons. The van der Waals surface area contributed by atoms with Gasteiger partial charge in [-0.15, -0.1) is 11.3 Å². The largest absolute Gasteiger partial charge is 0.317 e. The SMILES string of the molecule is CCCCCCC(Cc1nccs1)NC. The van der Waals surface area contributed by atoms with Crippen molar-refractivity contribution in [3.63, 3.8) is 0 Å². The second-order valence-corrected chi connectivity index (χ2v) is 4.94. The van der Waals surface area contributed by atoms with E-state index < -0.39 is 0 Å². The summed E-state index contributed by atoms with van der Waals surface area (Å²) in [6.07, 6.45) is 9.64. The second kappa shape index (κ2) is 7.83. The minimum atomic E-state index is 0.605. The Hall–Kier alpha value is -0.410. The summed E-state index contributed by atoms with van der Waals surface area (Å²) >= 11 is 1.76. The van der Waals surface area contributed by atoms with Gasteiger partial charge in [0.2, 0.25) is 0 Å². The van der Waals surface area contributed by atoms with Crippen LogP contribution in [0, 0.1) is 0 Å². The molecule has 0 fully saturated rings. The number of aromatic nitrogens is 1. The van der Waals surface area contributed by atoms with Gasteiger partial charge >= 0.3 is 0 Å². The third-order valence-corrected chi connectivity index (χ3v) is 3.52. The third kappa shape index (κ3) is 5.28. The molecule has 3 heteroatoms. The number of likely N-dealkylation sites (N-methyl/N-ethyl adjacent to an activating group) is 1. The van der Waals surface area contributed by atoms with Crippen LogP contribution in [0.15, 0.2) is 11.6 Å². The zero-order valence-electron chi connectivity index (χ0n) is 9.83. The van der Waals surface area contributed by atoms with Crippen molar-refractivity contribution in [2.24, 2.45) is 0 Å². The highest BCUT2D eigenvalue weighted by Crippen LogP contribution is 2.12. The quantitative estimate of drug-likeness (QED) is 0.688. The molecule has 15 heavy (non-hydrogen) atoms. The standard InChI is InChI=1S/C12H22N2S/c1-3-4-5-6-7-11(13-2)10-12-14-8-9-15-12/h8-9,11,13H,3-7,10H2,1-2H3. The van der Waals surface area contributed by atoms with E-state index in [-0.39, 0.29) is 0 Å². The van der Waals surface area contributed by atoms with Crippen LogP contribution < -0.4 is 5.32 Å². The van der Waals surface area contributed by atoms with E-state index in [0.717, 1.165) is 6.42 Å². The smallest absolute Gasteiger partial charge is 0.0940 e. The molecule has 0 aliphatic heterocycles. The van der Waals surface area contributed by atoms with E-state index in [1.165, 1.54) is 37.1 Å². The Morgan fingerprint density at radius 1 is 1.40 bits per heavy atom. The van der Waals surface area contributed by atoms with E-state index >= 15 is 0 Å². The zero-order chi connectivity index (χ0) is 10.9. The molecule has 0 aliphatic rings. The molecule has 1 N–H and O–H groups in total. The first kappa shape index (κ1) is 12.7. The molecule has 0 aliphatic carbocycles. The van der Waals surface area contributed by atoms with Gasteiger partial charge in [0.15, 0.2) is 0 Å². The van der Waals surface area contributed by atoms with Crippen LogP contribution in [0.4, 0.5) is 0 Å². The first-order valence-corrected chi connectivity index (χ1v) is 6.80. The fourth-order valence-corrected chi connectivity index (χ4v) is 2.43. The van der Waals surface area contributed by atoms with Crippen molar-refractivity contribution >= 4 is 11.3 Å². The molecule has 1 heterocycles. The zero-order valence-corrected chi connectivity index (χ0v) is 10.6. The maximum atomic E-state index is 4.33. The molecule has 0 aromatic carbocycles. The predicted octanol–water partition coefficient (Wildman–Crippen LogP) is 3.24. The lowest BCUT2D eigenvalue weighted by Crippen LogP contribution is -2.27. The summed E-state index contributed by atoms with van der Waals surface area (Å²) < 4.78 is 0. The van der Waals surface area contributed by atoms with Crippen LogP contribution in [-0.4, -0.2) is 18.1 Å². The van der Waals surface area contributed by atoms with Crippen LogP contribution in [0.5, 0.6) is 0 Å². The lowest BCUT2D eigenvalue weighted by molar-refractivity contribution is 0.484. The highest BCUT2D eigenvalue weighted by molar-refractivity contribution is 7.09. The molecule has 0 amide bonds. The normalized spacial score (nSPS) is 12.9. The Kier molecular flexibility index (Phi) is 6.60. The van der Waals surface area contributed by atoms with E-state index in [1.807, 2.05) is 6.20 Å². The van der Waals surface area contributed by atoms with Gasteiger partial charge in [0.25, 0.3) is 0 Å². The van der Waals surface area contributed by atoms with Crippen LogP contribution >= 0.6 is 11.3 Å². The highest BCUT2D eigenvalue weighted by atomic mass is 32.1. The van der Waals surface area contributed by atoms with Crippen molar-refractivity contribution in [1.29, 1.82) is 0 Å². The van der Waals surface area contributed by atoms with E-state index in [0.29, 0.717) is 6.04 Å². The molecule has 1 aromatic heterocycles. The Bertz CT molecular complexity index is 234. The average Bonchev–Trinajstić information content (AvgIpc) is 2.75. The predicted molar refractivity (Wildman–Crippen MR) is 67.4 cm³/mol. The van der Waals surface area contributed by atoms with Gasteiger partial charge in [-0.3, -0.25) is 0 Å². The lowest BCUT2D eigenvalue weighted by atomic mass is 10.1. The topological polar surface area (TPSA) is 24.9 Å². The fraction of sp³-hybridized carbons (Fsp3) is 0.750. The van der Waals surface area contributed by atoms with E-state index in [4.69, 9.17) is 0 Å². The van der Waals surface area contributed by atoms with E-state index in [9.17, 15) is 0 Å². The highest BCUT2D eigenvalue weighted by Gasteiger charge is 2.08. The molecule has 0 spiro atoms. The summed E-state index contributed by atoms with van der Waals surface area (Å²) in [5, 5.41) is 6.69. The van der Waals surface area contributed by atoms with Crippen LogP contribution in [0.3, 0.4) is 0 Å². The summed E-state index contributed by atoms with van der Waals surface area (Å²) in [5.74, 6) is 0. The van der Waals surface area contributed by atoms with Gasteiger partial charge in [-0.25, -0.2) is 4.98 Å². The molecule has 86 valence electrons. The third-order valence-electron chi connectivity index (χ3n) is 2.72. The molecule has 1 rings (SSSR count). The van der Waals surface area contributed by atoms with Crippen LogP contribution in [0.1, 0.15) is 44.0 Å². The molecule has 1 atom stereocenters. The van der Waals surface area contributed by atoms with Crippen LogP contribution in [0.25, 0.3) is 0 Å². The summed E-state index contributed by atoms with van der Waals surface area (Å²) in [7, 11) is 2.05. The van der Waals surface area contributed by atoms with Gasteiger partial charge < -0.3 is 5.32 Å². The summed E-state index contributed by atoms with van der Waals surface area (Å²) in [4.78, 5) is 4.33. The van der Waals surface area contributed by atoms with Gasteiger partial charge in [-0.05, 0) is 13.5 Å². The molecule has 0 saturated carbocycles. The number of nitrogens with one attached hydrogen (secondary N) is 1. The first-order chi connectivity index (χ1) is 7.36. The number of rotatable bonds is 8. The van der Waals surface area contributed by atoms with Crippen LogP contribution in [-0.2, 0) is 6.42 Å². The number of unbranched alkanes of at least 4 members (excludes halogenated alkanes) is 3. The van der Waals surface area contributed by atoms with E-state index in [2.05, 4.69) is 29.7 Å². The van der Waals surface area contributed by atoms with Gasteiger partial charge in [-0.2, -0.15) is 0 Å². The number of thiazole rings is 1. The van der Waals surface area contributed by atoms with E-state index in [1.54, 1.807) is 11.3 Å². The second-order valence-electron chi connectivity index (χ2n) is 3.96. The van der Waals surface area contributed by atoms with Crippen molar-refractivity contribution in [1.82, 2.24) is 10.3 Å². The first-order valence-electron chi connectivity index (χ1n) is 5.92. The minimum Gasteiger partial charge on any atom is -0.317 e. The number of nitrogens with zero attached hydrogens (tertiary/aromatic N) is 1. The van der Waals surface area contributed by atoms with Gasteiger partial charge in [0, 0.05) is 24.0 Å². The van der Waals surface area contributed by atoms with Crippen molar-refractivity contribution in [2.45, 2.75) is 51.5 Å². The molecule has 1 aromatic rings. The lowest BCUT2D eigenvalue weighted by Gasteiger charge is -2.14. The summed E-state index contributed by atoms with van der Waals surface area (Å²) in [6, 6.07) is 0.605. The number of hydrogen-bond acceptors (Lipinski definition) is 3. The van der Waals surface area contributed by atoms with Crippen molar-refractivity contribution < 1.29 is 0 Å². The van der Waals surface area contributed by atoms with Crippen molar-refractivity contribution in [3.8, 4) is 0 Å². The average molecular weight is 226 g/mol. The molecular weight excluding hydrogens is 204 g/mol. The van der Waals surface area contributed by atoms with Gasteiger partial charge in [-0.1, -0.05) is 32.6 Å². The summed E-state index contributed by atoms with van der Waals surface area (Å²) in [6.45, 7) is 2.26. The minimum absolute atomic E-state index is 0.605. The Morgan fingerprint density at radius 2 is 2.27 bits per heavy atom. The van der Waals surface area contributed by atoms with Gasteiger partial charge in [0.05, 0.1) is 5.01 Å². The monoisotopic (exact) mass is 226 g/mol. The molecule has 0 bridgehead atoms. The number of hydrogen-bond donors (Lipinski definition) is 1. The molecule has 2 nitrogen and oxygen atoms in total. The maximum absolute atomic E-state index is 4.33. The van der Waals surface area contributed by atoms with Crippen molar-refractivity contribution in [3.05, 3.63) is 16.6 Å². The van der Waals surface area contributed by atoms with Gasteiger partial charge in [0.1, 0.15) is 0 Å². The maximum Gasteiger partial charge on any atom is 0.0940 e. The van der Waals surface area contributed by atoms with Crippen LogP contribution in [0.2, 0.25) is 0 Å². The van der Waals surface area contributed by atoms with Crippen molar-refractivity contribution in [2.75, 3.05) is 7.05 Å². The Balaban J connectivity index is 2.18. The Labute approximate surface area is 97.1 Å². The Morgan fingerprint density at radius 3 is 2.87 bits per heavy atom. The molecule has 1 unspecified atom stereocenters. The summed E-state index contributed by atoms with van der Waals surface area (Å²) in [5.41, 5.74) is 0.